The smallest absolute Gasteiger partial charge is 0.148 e. The van der Waals surface area contributed by atoms with Gasteiger partial charge in [-0.1, -0.05) is 0 Å². The molecule has 20 heavy (non-hydrogen) atoms. The van der Waals surface area contributed by atoms with Crippen molar-refractivity contribution in [1.29, 1.82) is 0 Å². The first-order chi connectivity index (χ1) is 9.59. The summed E-state index contributed by atoms with van der Waals surface area (Å²) in [6.45, 7) is 6.25. The van der Waals surface area contributed by atoms with Crippen molar-refractivity contribution in [2.75, 3.05) is 6.54 Å². The second-order valence-electron chi connectivity index (χ2n) is 5.82. The molecule has 1 aliphatic rings. The minimum atomic E-state index is -0.0731. The summed E-state index contributed by atoms with van der Waals surface area (Å²) in [6.07, 6.45) is 7.95. The van der Waals surface area contributed by atoms with Gasteiger partial charge in [-0.2, -0.15) is 0 Å². The maximum absolute atomic E-state index is 4.65. The van der Waals surface area contributed by atoms with Crippen LogP contribution in [-0.2, 0) is 19.1 Å². The van der Waals surface area contributed by atoms with Crippen LogP contribution in [0.3, 0.4) is 0 Å². The summed E-state index contributed by atoms with van der Waals surface area (Å²) in [5, 5.41) is 0. The lowest BCUT2D eigenvalue weighted by atomic mass is 9.97. The average Bonchev–Trinajstić information content (AvgIpc) is 2.99. The summed E-state index contributed by atoms with van der Waals surface area (Å²) in [5.41, 5.74) is 2.19. The highest BCUT2D eigenvalue weighted by molar-refractivity contribution is 5.12. The van der Waals surface area contributed by atoms with Gasteiger partial charge in [0.2, 0.25) is 0 Å². The molecule has 1 saturated heterocycles. The van der Waals surface area contributed by atoms with Crippen molar-refractivity contribution >= 4 is 0 Å². The van der Waals surface area contributed by atoms with Gasteiger partial charge in [0.05, 0.1) is 17.6 Å². The standard InChI is InChI=1S/C15H21N5/c1-12-5-7-17-14(18-12)15(2)6-4-8-20(15)10-13-9-16-11-19(13)3/h5,7,9,11H,4,6,8,10H2,1-3H3. The Morgan fingerprint density at radius 1 is 1.40 bits per heavy atom. The van der Waals surface area contributed by atoms with Gasteiger partial charge in [0, 0.05) is 31.7 Å². The largest absolute Gasteiger partial charge is 0.337 e. The van der Waals surface area contributed by atoms with Crippen LogP contribution in [0.15, 0.2) is 24.8 Å². The van der Waals surface area contributed by atoms with E-state index in [4.69, 9.17) is 0 Å². The number of hydrogen-bond acceptors (Lipinski definition) is 4. The molecule has 2 aromatic heterocycles. The third kappa shape index (κ3) is 2.22. The molecule has 5 nitrogen and oxygen atoms in total. The third-order valence-electron chi connectivity index (χ3n) is 4.34. The summed E-state index contributed by atoms with van der Waals surface area (Å²) in [6, 6.07) is 1.95. The number of aryl methyl sites for hydroxylation is 2. The van der Waals surface area contributed by atoms with E-state index in [1.165, 1.54) is 12.1 Å². The quantitative estimate of drug-likeness (QED) is 0.857. The Bertz CT molecular complexity index is 606. The molecule has 3 heterocycles. The fourth-order valence-corrected chi connectivity index (χ4v) is 2.97. The van der Waals surface area contributed by atoms with E-state index in [-0.39, 0.29) is 5.54 Å². The maximum atomic E-state index is 4.65. The molecule has 2 aromatic rings. The first-order valence-electron chi connectivity index (χ1n) is 7.10. The molecule has 0 aliphatic carbocycles. The van der Waals surface area contributed by atoms with Crippen LogP contribution in [0.5, 0.6) is 0 Å². The highest BCUT2D eigenvalue weighted by Gasteiger charge is 2.40. The molecule has 5 heteroatoms. The Kier molecular flexibility index (Phi) is 3.30. The molecule has 106 valence electrons. The zero-order valence-corrected chi connectivity index (χ0v) is 12.4. The number of nitrogens with zero attached hydrogens (tertiary/aromatic N) is 5. The van der Waals surface area contributed by atoms with Gasteiger partial charge < -0.3 is 4.57 Å². The Morgan fingerprint density at radius 2 is 2.25 bits per heavy atom. The van der Waals surface area contributed by atoms with Crippen LogP contribution in [0.4, 0.5) is 0 Å². The number of aromatic nitrogens is 4. The van der Waals surface area contributed by atoms with Crippen molar-refractivity contribution in [2.45, 2.75) is 38.8 Å². The van der Waals surface area contributed by atoms with Crippen molar-refractivity contribution in [3.05, 3.63) is 42.0 Å². The van der Waals surface area contributed by atoms with E-state index in [1.54, 1.807) is 0 Å². The number of rotatable bonds is 3. The summed E-state index contributed by atoms with van der Waals surface area (Å²) >= 11 is 0. The maximum Gasteiger partial charge on any atom is 0.148 e. The summed E-state index contributed by atoms with van der Waals surface area (Å²) in [4.78, 5) is 15.8. The molecule has 0 amide bonds. The highest BCUT2D eigenvalue weighted by Crippen LogP contribution is 2.37. The van der Waals surface area contributed by atoms with Crippen molar-refractivity contribution < 1.29 is 0 Å². The lowest BCUT2D eigenvalue weighted by Gasteiger charge is -2.33. The van der Waals surface area contributed by atoms with E-state index >= 15 is 0 Å². The first-order valence-corrected chi connectivity index (χ1v) is 7.10. The van der Waals surface area contributed by atoms with Gasteiger partial charge in [0.25, 0.3) is 0 Å². The zero-order chi connectivity index (χ0) is 14.2. The molecule has 0 N–H and O–H groups in total. The Balaban J connectivity index is 1.89. The predicted molar refractivity (Wildman–Crippen MR) is 77.0 cm³/mol. The molecule has 1 aliphatic heterocycles. The topological polar surface area (TPSA) is 46.8 Å². The van der Waals surface area contributed by atoms with Crippen LogP contribution >= 0.6 is 0 Å². The fourth-order valence-electron chi connectivity index (χ4n) is 2.97. The van der Waals surface area contributed by atoms with Crippen molar-refractivity contribution in [1.82, 2.24) is 24.4 Å². The molecule has 0 aromatic carbocycles. The monoisotopic (exact) mass is 271 g/mol. The second kappa shape index (κ2) is 4.98. The lowest BCUT2D eigenvalue weighted by Crippen LogP contribution is -2.40. The second-order valence-corrected chi connectivity index (χ2v) is 5.82. The normalized spacial score (nSPS) is 23.4. The Morgan fingerprint density at radius 3 is 2.95 bits per heavy atom. The van der Waals surface area contributed by atoms with Crippen molar-refractivity contribution in [2.24, 2.45) is 7.05 Å². The molecule has 0 spiro atoms. The summed E-state index contributed by atoms with van der Waals surface area (Å²) < 4.78 is 2.08. The van der Waals surface area contributed by atoms with E-state index in [2.05, 4.69) is 31.3 Å². The summed E-state index contributed by atoms with van der Waals surface area (Å²) in [7, 11) is 2.04. The van der Waals surface area contributed by atoms with Crippen LogP contribution in [0, 0.1) is 6.92 Å². The van der Waals surface area contributed by atoms with E-state index in [0.717, 1.165) is 31.0 Å². The van der Waals surface area contributed by atoms with Crippen LogP contribution in [0.2, 0.25) is 0 Å². The molecule has 1 fully saturated rings. The molecule has 3 rings (SSSR count). The van der Waals surface area contributed by atoms with Gasteiger partial charge in [0.1, 0.15) is 5.82 Å². The van der Waals surface area contributed by atoms with Crippen LogP contribution in [0.25, 0.3) is 0 Å². The van der Waals surface area contributed by atoms with Gasteiger partial charge in [0.15, 0.2) is 0 Å². The van der Waals surface area contributed by atoms with Crippen molar-refractivity contribution in [3.8, 4) is 0 Å². The van der Waals surface area contributed by atoms with Crippen LogP contribution in [0.1, 0.15) is 37.0 Å². The highest BCUT2D eigenvalue weighted by atomic mass is 15.3. The molecular formula is C15H21N5. The molecule has 1 atom stereocenters. The van der Waals surface area contributed by atoms with E-state index < -0.39 is 0 Å². The SMILES string of the molecule is Cc1ccnc(C2(C)CCCN2Cc2cncn2C)n1. The molecule has 0 radical (unpaired) electrons. The first kappa shape index (κ1) is 13.2. The van der Waals surface area contributed by atoms with Gasteiger partial charge in [-0.05, 0) is 39.3 Å². The van der Waals surface area contributed by atoms with E-state index in [1.807, 2.05) is 38.8 Å². The minimum absolute atomic E-state index is 0.0731. The average molecular weight is 271 g/mol. The fraction of sp³-hybridized carbons (Fsp3) is 0.533. The van der Waals surface area contributed by atoms with E-state index in [9.17, 15) is 0 Å². The minimum Gasteiger partial charge on any atom is -0.337 e. The van der Waals surface area contributed by atoms with Gasteiger partial charge in [-0.25, -0.2) is 15.0 Å². The Labute approximate surface area is 119 Å². The molecule has 0 bridgehead atoms. The lowest BCUT2D eigenvalue weighted by molar-refractivity contribution is 0.134. The van der Waals surface area contributed by atoms with Crippen LogP contribution in [-0.4, -0.2) is 31.0 Å². The third-order valence-corrected chi connectivity index (χ3v) is 4.34. The summed E-state index contributed by atoms with van der Waals surface area (Å²) in [5.74, 6) is 0.942. The van der Waals surface area contributed by atoms with Gasteiger partial charge >= 0.3 is 0 Å². The number of hydrogen-bond donors (Lipinski definition) is 0. The molecule has 1 unspecified atom stereocenters. The van der Waals surface area contributed by atoms with Crippen molar-refractivity contribution in [3.63, 3.8) is 0 Å². The number of likely N-dealkylation sites (tertiary alicyclic amines) is 1. The van der Waals surface area contributed by atoms with Gasteiger partial charge in [-0.15, -0.1) is 0 Å². The molecular weight excluding hydrogens is 250 g/mol. The predicted octanol–water partition coefficient (Wildman–Crippen LogP) is 2.03. The van der Waals surface area contributed by atoms with E-state index in [0.29, 0.717) is 0 Å². The number of imidazole rings is 1. The molecule has 0 saturated carbocycles. The Hall–Kier alpha value is -1.75. The zero-order valence-electron chi connectivity index (χ0n) is 12.4. The van der Waals surface area contributed by atoms with Crippen LogP contribution < -0.4 is 0 Å². The van der Waals surface area contributed by atoms with Gasteiger partial charge in [-0.3, -0.25) is 4.90 Å².